The number of fused-ring (bicyclic) bond motifs is 2. The van der Waals surface area contributed by atoms with Gasteiger partial charge in [-0.1, -0.05) is 43.7 Å². The van der Waals surface area contributed by atoms with Gasteiger partial charge in [-0.3, -0.25) is 9.59 Å². The molecule has 4 N–H and O–H groups in total. The number of aliphatic hydroxyl groups is 1. The van der Waals surface area contributed by atoms with Gasteiger partial charge in [-0.05, 0) is 69.4 Å². The Morgan fingerprint density at radius 2 is 1.88 bits per heavy atom. The summed E-state index contributed by atoms with van der Waals surface area (Å²) < 4.78 is 10.9. The smallest absolute Gasteiger partial charge is 0.408 e. The number of nitrogens with zero attached hydrogens (tertiary/aromatic N) is 5. The first-order valence-electron chi connectivity index (χ1n) is 16.5. The lowest BCUT2D eigenvalue weighted by molar-refractivity contribution is -0.146. The summed E-state index contributed by atoms with van der Waals surface area (Å²) in [5.41, 5.74) is -1.61. The summed E-state index contributed by atoms with van der Waals surface area (Å²) in [7, 11) is 0. The molecule has 5 rings (SSSR count). The number of alkyl carbamates (subject to hydrolysis) is 1. The molecule has 1 aliphatic carbocycles. The molecule has 5 atom stereocenters. The van der Waals surface area contributed by atoms with Crippen LogP contribution in [0.3, 0.4) is 0 Å². The number of benzene rings is 1. The molecule has 2 aromatic rings. The number of halogens is 1. The lowest BCUT2D eigenvalue weighted by Crippen LogP contribution is -2.56. The van der Waals surface area contributed by atoms with Gasteiger partial charge in [-0.15, -0.1) is 10.2 Å². The second-order valence-electron chi connectivity index (χ2n) is 13.8. The van der Waals surface area contributed by atoms with Crippen LogP contribution < -0.4 is 15.4 Å². The van der Waals surface area contributed by atoms with Gasteiger partial charge in [0.2, 0.25) is 17.6 Å². The summed E-state index contributed by atoms with van der Waals surface area (Å²) in [5, 5.41) is 37.9. The van der Waals surface area contributed by atoms with Gasteiger partial charge in [0.15, 0.2) is 0 Å². The van der Waals surface area contributed by atoms with Crippen LogP contribution in [0.15, 0.2) is 18.2 Å². The van der Waals surface area contributed by atoms with Crippen molar-refractivity contribution in [1.82, 2.24) is 35.7 Å². The molecular formula is C32H44ClN7O8. The fourth-order valence-electron chi connectivity index (χ4n) is 6.51. The minimum atomic E-state index is -1.37. The van der Waals surface area contributed by atoms with Crippen LogP contribution in [0.5, 0.6) is 5.75 Å². The second-order valence-corrected chi connectivity index (χ2v) is 14.2. The number of rotatable bonds is 7. The molecule has 15 nitrogen and oxygen atoms in total. The highest BCUT2D eigenvalue weighted by atomic mass is 35.5. The molecule has 1 aromatic heterocycles. The van der Waals surface area contributed by atoms with Gasteiger partial charge >= 0.3 is 12.1 Å². The van der Waals surface area contributed by atoms with Crippen molar-refractivity contribution < 1.29 is 38.9 Å². The zero-order valence-electron chi connectivity index (χ0n) is 27.5. The molecule has 16 heteroatoms. The number of tetrazole rings is 1. The minimum absolute atomic E-state index is 0.0252. The summed E-state index contributed by atoms with van der Waals surface area (Å²) in [6.07, 6.45) is 4.90. The van der Waals surface area contributed by atoms with Crippen LogP contribution in [-0.2, 0) is 19.1 Å². The van der Waals surface area contributed by atoms with E-state index in [1.54, 1.807) is 39.0 Å². The molecule has 2 saturated heterocycles. The van der Waals surface area contributed by atoms with Crippen molar-refractivity contribution >= 4 is 35.5 Å². The van der Waals surface area contributed by atoms with E-state index in [-0.39, 0.29) is 37.9 Å². The van der Waals surface area contributed by atoms with Gasteiger partial charge in [0.25, 0.3) is 0 Å². The van der Waals surface area contributed by atoms with Gasteiger partial charge in [0.1, 0.15) is 35.6 Å². The van der Waals surface area contributed by atoms with Gasteiger partial charge in [-0.25, -0.2) is 9.59 Å². The molecule has 1 unspecified atom stereocenters. The van der Waals surface area contributed by atoms with Crippen molar-refractivity contribution in [3.05, 3.63) is 23.2 Å². The van der Waals surface area contributed by atoms with Crippen LogP contribution in [0.4, 0.5) is 4.79 Å². The third-order valence-electron chi connectivity index (χ3n) is 9.03. The Labute approximate surface area is 283 Å². The number of ether oxygens (including phenoxy) is 2. The summed E-state index contributed by atoms with van der Waals surface area (Å²) in [5.74, 6) is -1.68. The topological polar surface area (TPSA) is 198 Å². The molecule has 3 aliphatic rings. The normalized spacial score (nSPS) is 26.7. The molecule has 2 aliphatic heterocycles. The van der Waals surface area contributed by atoms with E-state index in [1.165, 1.54) is 9.70 Å². The van der Waals surface area contributed by atoms with E-state index in [2.05, 4.69) is 26.0 Å². The number of aliphatic carboxylic acids is 1. The number of carbonyl (C=O) groups excluding carboxylic acids is 3. The number of carbonyl (C=O) groups is 4. The molecule has 1 saturated carbocycles. The lowest BCUT2D eigenvalue weighted by Gasteiger charge is -2.30. The number of aliphatic hydroxyl groups excluding tert-OH is 1. The molecule has 48 heavy (non-hydrogen) atoms. The number of aromatic nitrogens is 4. The monoisotopic (exact) mass is 689 g/mol. The van der Waals surface area contributed by atoms with Crippen LogP contribution in [0.2, 0.25) is 5.02 Å². The van der Waals surface area contributed by atoms with E-state index in [1.807, 2.05) is 0 Å². The maximum Gasteiger partial charge on any atom is 0.408 e. The van der Waals surface area contributed by atoms with E-state index >= 15 is 0 Å². The number of hydrogen-bond acceptors (Lipinski definition) is 10. The standard InChI is InChI=1S/C32H44ClN7O8/c1-31(2,3)48-30(46)34-23-10-8-6-4-5-7-9-20-17-32(20,29(44)45)35-27(42)24-16-21(18-39(24)28(23)43)40-37-26(36-38-40)19-11-12-25(22(33)15-19)47-14-13-41/h11-12,15,20-21,23-24,41H,4-10,13-14,16-18H2,1-3H3,(H,34,46)(H,35,42)(H,44,45)/t20-,21?,23+,24-,32-/m0/s1. The summed E-state index contributed by atoms with van der Waals surface area (Å²) >= 11 is 6.35. The first-order valence-corrected chi connectivity index (χ1v) is 16.9. The Kier molecular flexibility index (Phi) is 10.8. The molecule has 3 heterocycles. The molecule has 3 fully saturated rings. The Hall–Kier alpha value is -3.98. The molecular weight excluding hydrogens is 646 g/mol. The summed E-state index contributed by atoms with van der Waals surface area (Å²) in [6.45, 7) is 5.13. The molecule has 0 radical (unpaired) electrons. The Balaban J connectivity index is 1.42. The molecule has 0 spiro atoms. The Morgan fingerprint density at radius 3 is 2.56 bits per heavy atom. The third kappa shape index (κ3) is 8.17. The molecule has 0 bridgehead atoms. The molecule has 3 amide bonds. The number of nitrogens with one attached hydrogen (secondary N) is 2. The van der Waals surface area contributed by atoms with E-state index in [4.69, 9.17) is 26.2 Å². The van der Waals surface area contributed by atoms with E-state index in [0.29, 0.717) is 42.0 Å². The summed E-state index contributed by atoms with van der Waals surface area (Å²) in [6, 6.07) is 2.35. The van der Waals surface area contributed by atoms with Crippen LogP contribution in [0.25, 0.3) is 11.4 Å². The number of amides is 3. The molecule has 1 aromatic carbocycles. The highest BCUT2D eigenvalue weighted by Crippen LogP contribution is 2.47. The van der Waals surface area contributed by atoms with Crippen LogP contribution in [0.1, 0.15) is 84.6 Å². The van der Waals surface area contributed by atoms with Gasteiger partial charge in [0, 0.05) is 18.5 Å². The average molecular weight is 690 g/mol. The van der Waals surface area contributed by atoms with Gasteiger partial charge in [0.05, 0.1) is 17.7 Å². The largest absolute Gasteiger partial charge is 0.490 e. The third-order valence-corrected chi connectivity index (χ3v) is 9.32. The van der Waals surface area contributed by atoms with Gasteiger partial charge in [-0.2, -0.15) is 4.80 Å². The van der Waals surface area contributed by atoms with Crippen LogP contribution >= 0.6 is 11.6 Å². The van der Waals surface area contributed by atoms with Crippen LogP contribution in [0, 0.1) is 5.92 Å². The zero-order chi connectivity index (χ0) is 34.6. The SMILES string of the molecule is CC(C)(C)OC(=O)N[C@@H]1CCCCCCC[C@H]2C[C@]2(C(=O)O)NC(=O)[C@@H]2CC(n3nnc(-c4ccc(OCCO)c(Cl)c4)n3)CN2C1=O. The minimum Gasteiger partial charge on any atom is -0.490 e. The fourth-order valence-corrected chi connectivity index (χ4v) is 6.74. The predicted octanol–water partition coefficient (Wildman–Crippen LogP) is 3.10. The van der Waals surface area contributed by atoms with Crippen molar-refractivity contribution in [3.8, 4) is 17.1 Å². The van der Waals surface area contributed by atoms with Crippen molar-refractivity contribution in [2.75, 3.05) is 19.8 Å². The van der Waals surface area contributed by atoms with Crippen LogP contribution in [-0.4, -0.2) is 102 Å². The van der Waals surface area contributed by atoms with Gasteiger partial charge < -0.3 is 35.2 Å². The highest BCUT2D eigenvalue weighted by Gasteiger charge is 2.62. The first kappa shape index (κ1) is 35.3. The maximum absolute atomic E-state index is 14.2. The zero-order valence-corrected chi connectivity index (χ0v) is 28.2. The second kappa shape index (κ2) is 14.6. The quantitative estimate of drug-likeness (QED) is 0.333. The van der Waals surface area contributed by atoms with Crippen molar-refractivity contribution in [2.45, 2.75) is 108 Å². The fraction of sp³-hybridized carbons (Fsp3) is 0.656. The Bertz CT molecular complexity index is 1510. The van der Waals surface area contributed by atoms with Crippen molar-refractivity contribution in [1.29, 1.82) is 0 Å². The number of hydrogen-bond donors (Lipinski definition) is 4. The number of carboxylic acids is 1. The summed E-state index contributed by atoms with van der Waals surface area (Å²) in [4.78, 5) is 56.1. The van der Waals surface area contributed by atoms with Crippen molar-refractivity contribution in [3.63, 3.8) is 0 Å². The lowest BCUT2D eigenvalue weighted by atomic mass is 10.0. The maximum atomic E-state index is 14.2. The highest BCUT2D eigenvalue weighted by molar-refractivity contribution is 6.32. The van der Waals surface area contributed by atoms with E-state index in [0.717, 1.165) is 25.7 Å². The number of carboxylic acid groups (broad SMARTS) is 1. The molecule has 262 valence electrons. The van der Waals surface area contributed by atoms with E-state index < -0.39 is 53.1 Å². The first-order chi connectivity index (χ1) is 22.8. The van der Waals surface area contributed by atoms with Crippen molar-refractivity contribution in [2.24, 2.45) is 5.92 Å². The van der Waals surface area contributed by atoms with E-state index in [9.17, 15) is 24.3 Å². The average Bonchev–Trinajstić information content (AvgIpc) is 3.32. The Morgan fingerprint density at radius 1 is 1.15 bits per heavy atom. The predicted molar refractivity (Wildman–Crippen MR) is 172 cm³/mol.